The maximum atomic E-state index is 13.0. The molecule has 1 amide bonds. The van der Waals surface area contributed by atoms with Crippen LogP contribution in [0.2, 0.25) is 0 Å². The van der Waals surface area contributed by atoms with Crippen LogP contribution in [0.3, 0.4) is 0 Å². The number of nitrogens with one attached hydrogen (secondary N) is 2. The molecule has 3 heterocycles. The first kappa shape index (κ1) is 22.9. The Kier molecular flexibility index (Phi) is 7.10. The first-order valence-corrected chi connectivity index (χ1v) is 12.8. The van der Waals surface area contributed by atoms with Crippen LogP contribution in [0.4, 0.5) is 16.6 Å². The van der Waals surface area contributed by atoms with Crippen molar-refractivity contribution in [1.82, 2.24) is 9.97 Å². The van der Waals surface area contributed by atoms with E-state index < -0.39 is 0 Å². The Hall–Kier alpha value is -2.91. The van der Waals surface area contributed by atoms with E-state index in [0.29, 0.717) is 35.6 Å². The molecule has 2 aromatic heterocycles. The molecule has 0 unspecified atom stereocenters. The van der Waals surface area contributed by atoms with Gasteiger partial charge >= 0.3 is 0 Å². The van der Waals surface area contributed by atoms with E-state index in [1.807, 2.05) is 12.1 Å². The predicted molar refractivity (Wildman–Crippen MR) is 136 cm³/mol. The molecule has 9 heteroatoms. The van der Waals surface area contributed by atoms with Gasteiger partial charge in [-0.1, -0.05) is 30.6 Å². The van der Waals surface area contributed by atoms with Crippen molar-refractivity contribution in [3.63, 3.8) is 0 Å². The number of ether oxygens (including phenoxy) is 2. The molecule has 1 aliphatic heterocycles. The van der Waals surface area contributed by atoms with E-state index in [9.17, 15) is 4.79 Å². The number of thiazole rings is 1. The third-order valence-corrected chi connectivity index (χ3v) is 7.59. The molecule has 34 heavy (non-hydrogen) atoms. The second kappa shape index (κ2) is 10.6. The van der Waals surface area contributed by atoms with Gasteiger partial charge < -0.3 is 19.7 Å². The molecular weight excluding hydrogens is 450 g/mol. The number of amides is 1. The SMILES string of the molecule is COc1ccc(N2CCOCC2)c2sc(NC(=O)c3ccnc(NCC4CCCCC4)c3)nc12. The molecule has 180 valence electrons. The molecule has 5 rings (SSSR count). The van der Waals surface area contributed by atoms with Crippen molar-refractivity contribution in [2.45, 2.75) is 32.1 Å². The Labute approximate surface area is 203 Å². The molecule has 2 aliphatic rings. The number of methoxy groups -OCH3 is 1. The molecule has 2 fully saturated rings. The molecule has 0 atom stereocenters. The molecular formula is C25H31N5O3S. The average Bonchev–Trinajstić information content (AvgIpc) is 3.31. The standard InChI is InChI=1S/C25H31N5O3S/c1-32-20-8-7-19(30-11-13-33-14-12-30)23-22(20)28-25(34-23)29-24(31)18-9-10-26-21(15-18)27-16-17-5-3-2-4-6-17/h7-10,15,17H,2-6,11-14,16H2,1H3,(H,26,27)(H,28,29,31). The highest BCUT2D eigenvalue weighted by molar-refractivity contribution is 7.23. The fraction of sp³-hybridized carbons (Fsp3) is 0.480. The maximum absolute atomic E-state index is 13.0. The molecule has 1 aliphatic carbocycles. The Morgan fingerprint density at radius 3 is 2.82 bits per heavy atom. The van der Waals surface area contributed by atoms with E-state index in [0.717, 1.165) is 41.4 Å². The summed E-state index contributed by atoms with van der Waals surface area (Å²) in [4.78, 5) is 24.4. The summed E-state index contributed by atoms with van der Waals surface area (Å²) in [6, 6.07) is 7.54. The van der Waals surface area contributed by atoms with Crippen LogP contribution < -0.4 is 20.3 Å². The van der Waals surface area contributed by atoms with E-state index in [1.165, 1.54) is 43.4 Å². The van der Waals surface area contributed by atoms with Crippen LogP contribution in [-0.4, -0.2) is 55.8 Å². The summed E-state index contributed by atoms with van der Waals surface area (Å²) in [6.07, 6.45) is 8.16. The number of fused-ring (bicyclic) bond motifs is 1. The number of carbonyl (C=O) groups excluding carboxylic acids is 1. The largest absolute Gasteiger partial charge is 0.494 e. The van der Waals surface area contributed by atoms with Gasteiger partial charge in [-0.2, -0.15) is 0 Å². The number of morpholine rings is 1. The summed E-state index contributed by atoms with van der Waals surface area (Å²) < 4.78 is 12.0. The van der Waals surface area contributed by atoms with Gasteiger partial charge in [0.25, 0.3) is 5.91 Å². The highest BCUT2D eigenvalue weighted by atomic mass is 32.1. The maximum Gasteiger partial charge on any atom is 0.257 e. The van der Waals surface area contributed by atoms with Gasteiger partial charge in [0.05, 0.1) is 30.7 Å². The van der Waals surface area contributed by atoms with Crippen LogP contribution in [0.5, 0.6) is 5.75 Å². The molecule has 0 spiro atoms. The number of rotatable bonds is 7. The van der Waals surface area contributed by atoms with E-state index in [2.05, 4.69) is 26.6 Å². The zero-order valence-electron chi connectivity index (χ0n) is 19.5. The molecule has 2 N–H and O–H groups in total. The zero-order chi connectivity index (χ0) is 23.3. The second-order valence-corrected chi connectivity index (χ2v) is 9.85. The number of anilines is 3. The lowest BCUT2D eigenvalue weighted by Gasteiger charge is -2.29. The Bertz CT molecular complexity index is 1140. The summed E-state index contributed by atoms with van der Waals surface area (Å²) in [5, 5.41) is 6.94. The summed E-state index contributed by atoms with van der Waals surface area (Å²) in [7, 11) is 1.64. The molecule has 1 saturated carbocycles. The van der Waals surface area contributed by atoms with E-state index >= 15 is 0 Å². The average molecular weight is 482 g/mol. The first-order chi connectivity index (χ1) is 16.7. The van der Waals surface area contributed by atoms with Crippen LogP contribution in [0, 0.1) is 5.92 Å². The fourth-order valence-corrected chi connectivity index (χ4v) is 5.74. The van der Waals surface area contributed by atoms with Gasteiger partial charge in [-0.25, -0.2) is 9.97 Å². The number of carbonyl (C=O) groups is 1. The third kappa shape index (κ3) is 5.10. The smallest absolute Gasteiger partial charge is 0.257 e. The van der Waals surface area contributed by atoms with Crippen molar-refractivity contribution in [3.05, 3.63) is 36.0 Å². The summed E-state index contributed by atoms with van der Waals surface area (Å²) in [5.41, 5.74) is 2.41. The molecule has 3 aromatic rings. The number of hydrogen-bond donors (Lipinski definition) is 2. The lowest BCUT2D eigenvalue weighted by molar-refractivity contribution is 0.102. The Morgan fingerprint density at radius 1 is 1.21 bits per heavy atom. The van der Waals surface area contributed by atoms with Crippen LogP contribution >= 0.6 is 11.3 Å². The minimum Gasteiger partial charge on any atom is -0.494 e. The van der Waals surface area contributed by atoms with Gasteiger partial charge in [-0.15, -0.1) is 0 Å². The van der Waals surface area contributed by atoms with E-state index in [-0.39, 0.29) is 5.91 Å². The molecule has 1 aromatic carbocycles. The number of benzene rings is 1. The zero-order valence-corrected chi connectivity index (χ0v) is 20.3. The summed E-state index contributed by atoms with van der Waals surface area (Å²) in [5.74, 6) is 1.92. The molecule has 8 nitrogen and oxygen atoms in total. The van der Waals surface area contributed by atoms with Gasteiger partial charge in [0.2, 0.25) is 0 Å². The van der Waals surface area contributed by atoms with Crippen molar-refractivity contribution in [2.24, 2.45) is 5.92 Å². The minimum atomic E-state index is -0.200. The number of nitrogens with zero attached hydrogens (tertiary/aromatic N) is 3. The van der Waals surface area contributed by atoms with Gasteiger partial charge in [-0.3, -0.25) is 10.1 Å². The molecule has 1 saturated heterocycles. The van der Waals surface area contributed by atoms with Gasteiger partial charge in [-0.05, 0) is 43.0 Å². The van der Waals surface area contributed by atoms with Crippen molar-refractivity contribution in [1.29, 1.82) is 0 Å². The first-order valence-electron chi connectivity index (χ1n) is 12.0. The van der Waals surface area contributed by atoms with Gasteiger partial charge in [0.1, 0.15) is 17.1 Å². The Balaban J connectivity index is 1.32. The summed E-state index contributed by atoms with van der Waals surface area (Å²) >= 11 is 1.47. The lowest BCUT2D eigenvalue weighted by Crippen LogP contribution is -2.36. The number of hydrogen-bond acceptors (Lipinski definition) is 8. The number of pyridine rings is 1. The highest BCUT2D eigenvalue weighted by Gasteiger charge is 2.20. The second-order valence-electron chi connectivity index (χ2n) is 8.85. The minimum absolute atomic E-state index is 0.200. The third-order valence-electron chi connectivity index (χ3n) is 6.60. The van der Waals surface area contributed by atoms with Crippen molar-refractivity contribution in [2.75, 3.05) is 55.5 Å². The lowest BCUT2D eigenvalue weighted by atomic mass is 9.89. The van der Waals surface area contributed by atoms with E-state index in [1.54, 1.807) is 19.4 Å². The van der Waals surface area contributed by atoms with Crippen LogP contribution in [-0.2, 0) is 4.74 Å². The normalized spacial score (nSPS) is 17.0. The van der Waals surface area contributed by atoms with Crippen LogP contribution in [0.25, 0.3) is 10.2 Å². The van der Waals surface area contributed by atoms with Crippen LogP contribution in [0.1, 0.15) is 42.5 Å². The monoisotopic (exact) mass is 481 g/mol. The summed E-state index contributed by atoms with van der Waals surface area (Å²) in [6.45, 7) is 3.97. The van der Waals surface area contributed by atoms with Crippen molar-refractivity contribution in [3.8, 4) is 5.75 Å². The Morgan fingerprint density at radius 2 is 2.03 bits per heavy atom. The highest BCUT2D eigenvalue weighted by Crippen LogP contribution is 2.39. The molecule has 0 radical (unpaired) electrons. The van der Waals surface area contributed by atoms with E-state index in [4.69, 9.17) is 14.5 Å². The van der Waals surface area contributed by atoms with Gasteiger partial charge in [0, 0.05) is 31.4 Å². The molecule has 0 bridgehead atoms. The fourth-order valence-electron chi connectivity index (χ4n) is 4.72. The van der Waals surface area contributed by atoms with Crippen molar-refractivity contribution < 1.29 is 14.3 Å². The topological polar surface area (TPSA) is 88.6 Å². The quantitative estimate of drug-likeness (QED) is 0.502. The number of aromatic nitrogens is 2. The predicted octanol–water partition coefficient (Wildman–Crippen LogP) is 4.78. The van der Waals surface area contributed by atoms with Gasteiger partial charge in [0.15, 0.2) is 5.13 Å². The van der Waals surface area contributed by atoms with Crippen molar-refractivity contribution >= 4 is 44.1 Å². The van der Waals surface area contributed by atoms with Crippen LogP contribution in [0.15, 0.2) is 30.5 Å².